The molecule has 17 heteroatoms. The minimum Gasteiger partial charge on any atom is -0.507 e. The number of H-pyrrole nitrogens is 1. The highest BCUT2D eigenvalue weighted by molar-refractivity contribution is 7.99. The molecule has 2 aromatic heterocycles. The number of carbonyl (C=O) groups excluding carboxylic acids is 2. The highest BCUT2D eigenvalue weighted by atomic mass is 35.5. The van der Waals surface area contributed by atoms with Crippen molar-refractivity contribution in [1.82, 2.24) is 9.55 Å². The summed E-state index contributed by atoms with van der Waals surface area (Å²) in [5, 5.41) is 29.1. The lowest BCUT2D eigenvalue weighted by molar-refractivity contribution is -0.138. The maximum Gasteiger partial charge on any atom is 0.416 e. The number of phenolic OH excluding ortho intramolecular Hbond substituents is 2. The number of aromatic hydroxyl groups is 2. The van der Waals surface area contributed by atoms with Crippen molar-refractivity contribution in [3.05, 3.63) is 91.3 Å². The summed E-state index contributed by atoms with van der Waals surface area (Å²) in [5.41, 5.74) is -4.89. The molecule has 44 heavy (non-hydrogen) atoms. The van der Waals surface area contributed by atoms with E-state index in [0.717, 1.165) is 34.5 Å². The maximum atomic E-state index is 13.7. The van der Waals surface area contributed by atoms with E-state index < -0.39 is 69.1 Å². The second kappa shape index (κ2) is 12.6. The lowest BCUT2D eigenvalue weighted by Gasteiger charge is -2.16. The predicted molar refractivity (Wildman–Crippen MR) is 151 cm³/mol. The number of benzene rings is 2. The number of hydrogen-bond donors (Lipinski definition) is 4. The van der Waals surface area contributed by atoms with E-state index in [1.165, 1.54) is 0 Å². The van der Waals surface area contributed by atoms with Gasteiger partial charge in [0, 0.05) is 12.4 Å². The quantitative estimate of drug-likeness (QED) is 0.0606. The maximum absolute atomic E-state index is 13.7. The molecule has 4 aromatic rings. The van der Waals surface area contributed by atoms with Gasteiger partial charge in [-0.3, -0.25) is 14.2 Å². The summed E-state index contributed by atoms with van der Waals surface area (Å²) in [6.45, 7) is -0.232. The van der Waals surface area contributed by atoms with E-state index in [2.05, 4.69) is 4.98 Å². The molecule has 7 nitrogen and oxygen atoms in total. The van der Waals surface area contributed by atoms with Gasteiger partial charge in [-0.05, 0) is 48.9 Å². The highest BCUT2D eigenvalue weighted by Gasteiger charge is 2.35. The van der Waals surface area contributed by atoms with Gasteiger partial charge in [0.25, 0.3) is 0 Å². The van der Waals surface area contributed by atoms with Gasteiger partial charge in [0.15, 0.2) is 0 Å². The van der Waals surface area contributed by atoms with Crippen molar-refractivity contribution in [2.24, 2.45) is 0 Å². The van der Waals surface area contributed by atoms with Gasteiger partial charge in [0.2, 0.25) is 11.6 Å². The van der Waals surface area contributed by atoms with Crippen molar-refractivity contribution in [2.75, 3.05) is 12.4 Å². The van der Waals surface area contributed by atoms with E-state index in [-0.39, 0.29) is 44.7 Å². The number of hydrogen-bond acceptors (Lipinski definition) is 6. The number of alkyl halides is 6. The Morgan fingerprint density at radius 2 is 1.36 bits per heavy atom. The summed E-state index contributed by atoms with van der Waals surface area (Å²) in [6, 6.07) is 4.38. The molecule has 0 saturated carbocycles. The Kier molecular flexibility index (Phi) is 9.62. The third-order valence-electron chi connectivity index (χ3n) is 6.15. The number of carbonyl (C=O) groups is 2. The van der Waals surface area contributed by atoms with Crippen LogP contribution < -0.4 is 0 Å². The predicted octanol–water partition coefficient (Wildman–Crippen LogP) is 8.15. The molecule has 0 bridgehead atoms. The van der Waals surface area contributed by atoms with Crippen molar-refractivity contribution in [2.45, 2.75) is 23.8 Å². The third-order valence-corrected chi connectivity index (χ3v) is 8.46. The highest BCUT2D eigenvalue weighted by Crippen LogP contribution is 2.43. The average Bonchev–Trinajstić information content (AvgIpc) is 3.41. The molecule has 234 valence electrons. The molecule has 0 radical (unpaired) electrons. The Labute approximate surface area is 263 Å². The molecule has 0 aliphatic heterocycles. The molecule has 0 spiro atoms. The molecule has 2 aromatic carbocycles. The number of thioether (sulfide) groups is 1. The zero-order chi connectivity index (χ0) is 32.7. The molecular formula is C27H17Cl3F6N2O5S. The van der Waals surface area contributed by atoms with E-state index in [9.17, 15) is 51.3 Å². The van der Waals surface area contributed by atoms with Crippen LogP contribution in [0.5, 0.6) is 11.5 Å². The van der Waals surface area contributed by atoms with Gasteiger partial charge in [0.1, 0.15) is 27.4 Å². The van der Waals surface area contributed by atoms with Crippen molar-refractivity contribution >= 4 is 58.1 Å². The molecule has 0 unspecified atom stereocenters. The van der Waals surface area contributed by atoms with E-state index in [1.807, 2.05) is 0 Å². The summed E-state index contributed by atoms with van der Waals surface area (Å²) < 4.78 is 79.9. The lowest BCUT2D eigenvalue weighted by atomic mass is 10.0. The summed E-state index contributed by atoms with van der Waals surface area (Å²) in [5.74, 6) is -4.01. The number of aromatic amines is 1. The van der Waals surface area contributed by atoms with Crippen LogP contribution in [0.25, 0.3) is 5.69 Å². The lowest BCUT2D eigenvalue weighted by Crippen LogP contribution is -2.14. The van der Waals surface area contributed by atoms with E-state index >= 15 is 0 Å². The zero-order valence-corrected chi connectivity index (χ0v) is 24.7. The largest absolute Gasteiger partial charge is 0.507 e. The van der Waals surface area contributed by atoms with Gasteiger partial charge in [-0.2, -0.15) is 26.3 Å². The van der Waals surface area contributed by atoms with Crippen molar-refractivity contribution in [3.63, 3.8) is 0 Å². The molecule has 4 rings (SSSR count). The van der Waals surface area contributed by atoms with Crippen LogP contribution in [0.1, 0.15) is 49.7 Å². The molecular weight excluding hydrogens is 685 g/mol. The summed E-state index contributed by atoms with van der Waals surface area (Å²) in [7, 11) is 0. The van der Waals surface area contributed by atoms with Crippen LogP contribution >= 0.6 is 46.6 Å². The zero-order valence-electron chi connectivity index (χ0n) is 21.6. The van der Waals surface area contributed by atoms with Gasteiger partial charge >= 0.3 is 12.4 Å². The van der Waals surface area contributed by atoms with E-state index in [4.69, 9.17) is 34.8 Å². The fourth-order valence-electron chi connectivity index (χ4n) is 4.10. The fourth-order valence-corrected chi connectivity index (χ4v) is 5.85. The molecule has 0 atom stereocenters. The number of nitrogens with zero attached hydrogens (tertiary/aromatic N) is 1. The average molecular weight is 702 g/mol. The number of phenols is 2. The van der Waals surface area contributed by atoms with Crippen molar-refractivity contribution in [3.8, 4) is 17.2 Å². The second-order valence-electron chi connectivity index (χ2n) is 9.04. The number of rotatable bonds is 9. The standard InChI is InChI=1S/C27H17Cl3F6N2O5S/c28-15-10-16(22(42)13-4-2-11(8-17(13)40)26(31,32)33)38(25(15)44-7-1-6-39)21-19(29)24(30)37-20(21)23(43)14-5-3-12(9-18(14)41)27(34,35)36/h2-5,8-10,37,39-41H,1,6-7H2. The number of aliphatic hydroxyl groups is 1. The Bertz CT molecular complexity index is 1770. The number of aromatic nitrogens is 2. The SMILES string of the molecule is O=C(c1ccc(C(F)(F)F)cc1O)c1[nH]c(Cl)c(Cl)c1-n1c(C(=O)c2ccc(C(F)(F)F)cc2O)cc(Cl)c1SCCCO. The number of aliphatic hydroxyl groups excluding tert-OH is 1. The number of ketones is 2. The van der Waals surface area contributed by atoms with Gasteiger partial charge < -0.3 is 20.3 Å². The summed E-state index contributed by atoms with van der Waals surface area (Å²) in [6.07, 6.45) is -9.42. The first-order valence-electron chi connectivity index (χ1n) is 12.1. The minimum absolute atomic E-state index is 0.0538. The first-order chi connectivity index (χ1) is 20.5. The number of nitrogens with one attached hydrogen (secondary N) is 1. The van der Waals surface area contributed by atoms with Crippen LogP contribution in [0.3, 0.4) is 0 Å². The molecule has 0 saturated heterocycles. The van der Waals surface area contributed by atoms with Crippen molar-refractivity contribution in [1.29, 1.82) is 0 Å². The Hall–Kier alpha value is -3.30. The Morgan fingerprint density at radius 3 is 1.84 bits per heavy atom. The Balaban J connectivity index is 1.94. The molecule has 0 aliphatic carbocycles. The minimum atomic E-state index is -4.83. The smallest absolute Gasteiger partial charge is 0.416 e. The number of halogens is 9. The molecule has 0 amide bonds. The molecule has 2 heterocycles. The summed E-state index contributed by atoms with van der Waals surface area (Å²) >= 11 is 20.1. The van der Waals surface area contributed by atoms with Crippen LogP contribution in [-0.4, -0.2) is 48.8 Å². The molecule has 0 aliphatic rings. The van der Waals surface area contributed by atoms with Gasteiger partial charge in [-0.1, -0.05) is 34.8 Å². The first kappa shape index (κ1) is 33.6. The van der Waals surface area contributed by atoms with Crippen LogP contribution in [0.2, 0.25) is 15.2 Å². The monoisotopic (exact) mass is 700 g/mol. The van der Waals surface area contributed by atoms with E-state index in [0.29, 0.717) is 24.3 Å². The van der Waals surface area contributed by atoms with Crippen LogP contribution in [0, 0.1) is 0 Å². The van der Waals surface area contributed by atoms with Gasteiger partial charge in [-0.15, -0.1) is 11.8 Å². The topological polar surface area (TPSA) is 116 Å². The summed E-state index contributed by atoms with van der Waals surface area (Å²) in [4.78, 5) is 29.8. The van der Waals surface area contributed by atoms with E-state index in [1.54, 1.807) is 0 Å². The Morgan fingerprint density at radius 1 is 0.841 bits per heavy atom. The molecule has 4 N–H and O–H groups in total. The van der Waals surface area contributed by atoms with Gasteiger partial charge in [-0.25, -0.2) is 0 Å². The van der Waals surface area contributed by atoms with Crippen molar-refractivity contribution < 1.29 is 51.3 Å². The second-order valence-corrected chi connectivity index (χ2v) is 11.3. The third kappa shape index (κ3) is 6.54. The van der Waals surface area contributed by atoms with Crippen LogP contribution in [0.4, 0.5) is 26.3 Å². The fraction of sp³-hybridized carbons (Fsp3) is 0.185. The van der Waals surface area contributed by atoms with Gasteiger partial charge in [0.05, 0.1) is 43.7 Å². The van der Waals surface area contributed by atoms with Crippen LogP contribution in [-0.2, 0) is 12.4 Å². The molecule has 0 fully saturated rings. The normalized spacial score (nSPS) is 12.1. The first-order valence-corrected chi connectivity index (χ1v) is 14.2. The van der Waals surface area contributed by atoms with Crippen LogP contribution in [0.15, 0.2) is 47.5 Å².